The summed E-state index contributed by atoms with van der Waals surface area (Å²) in [6, 6.07) is 8.21. The van der Waals surface area contributed by atoms with Crippen molar-refractivity contribution in [2.45, 2.75) is 19.8 Å². The van der Waals surface area contributed by atoms with Crippen LogP contribution < -0.4 is 5.32 Å². The smallest absolute Gasteiger partial charge is 0.227 e. The lowest BCUT2D eigenvalue weighted by molar-refractivity contribution is -0.116. The first-order valence-electron chi connectivity index (χ1n) is 5.59. The lowest BCUT2D eigenvalue weighted by Crippen LogP contribution is -2.13. The van der Waals surface area contributed by atoms with Crippen molar-refractivity contribution in [1.82, 2.24) is 9.97 Å². The summed E-state index contributed by atoms with van der Waals surface area (Å²) in [5, 5.41) is 2.70. The van der Waals surface area contributed by atoms with Gasteiger partial charge in [0, 0.05) is 18.8 Å². The summed E-state index contributed by atoms with van der Waals surface area (Å²) < 4.78 is 0. The number of aromatic nitrogens is 2. The highest BCUT2D eigenvalue weighted by Gasteiger charge is 2.03. The van der Waals surface area contributed by atoms with Crippen molar-refractivity contribution < 1.29 is 4.79 Å². The van der Waals surface area contributed by atoms with E-state index >= 15 is 0 Å². The van der Waals surface area contributed by atoms with Crippen molar-refractivity contribution in [2.24, 2.45) is 0 Å². The molecule has 1 aromatic carbocycles. The summed E-state index contributed by atoms with van der Waals surface area (Å²) in [7, 11) is 0. The summed E-state index contributed by atoms with van der Waals surface area (Å²) in [5.41, 5.74) is 2.40. The van der Waals surface area contributed by atoms with Crippen LogP contribution in [0.1, 0.15) is 17.5 Å². The molecule has 0 saturated heterocycles. The van der Waals surface area contributed by atoms with Gasteiger partial charge in [-0.15, -0.1) is 0 Å². The van der Waals surface area contributed by atoms with E-state index < -0.39 is 0 Å². The highest BCUT2D eigenvalue weighted by Crippen LogP contribution is 2.06. The molecule has 0 aliphatic carbocycles. The fourth-order valence-corrected chi connectivity index (χ4v) is 1.54. The number of aryl methyl sites for hydroxylation is 2. The molecule has 1 amide bonds. The van der Waals surface area contributed by atoms with Crippen molar-refractivity contribution in [3.05, 3.63) is 47.8 Å². The molecule has 0 radical (unpaired) electrons. The van der Waals surface area contributed by atoms with Gasteiger partial charge in [0.25, 0.3) is 0 Å². The molecule has 4 heteroatoms. The second kappa shape index (κ2) is 5.30. The molecule has 0 spiro atoms. The third kappa shape index (κ3) is 3.45. The van der Waals surface area contributed by atoms with Crippen LogP contribution in [0.2, 0.25) is 0 Å². The molecule has 0 aliphatic rings. The van der Waals surface area contributed by atoms with Crippen molar-refractivity contribution in [2.75, 3.05) is 5.32 Å². The van der Waals surface area contributed by atoms with Crippen LogP contribution in [0.4, 0.5) is 5.95 Å². The highest BCUT2D eigenvalue weighted by atomic mass is 16.1. The average Bonchev–Trinajstić information content (AvgIpc) is 2.81. The zero-order valence-corrected chi connectivity index (χ0v) is 9.73. The lowest BCUT2D eigenvalue weighted by Gasteiger charge is -2.02. The van der Waals surface area contributed by atoms with Crippen LogP contribution in [0.25, 0.3) is 0 Å². The van der Waals surface area contributed by atoms with E-state index in [0.717, 1.165) is 6.42 Å². The molecule has 88 valence electrons. The van der Waals surface area contributed by atoms with E-state index in [9.17, 15) is 4.79 Å². The van der Waals surface area contributed by atoms with Crippen LogP contribution in [0.5, 0.6) is 0 Å². The number of carbonyl (C=O) groups excluding carboxylic acids is 1. The molecule has 1 aromatic heterocycles. The zero-order valence-electron chi connectivity index (χ0n) is 9.73. The van der Waals surface area contributed by atoms with Gasteiger partial charge in [0.05, 0.1) is 0 Å². The van der Waals surface area contributed by atoms with Gasteiger partial charge in [-0.25, -0.2) is 4.98 Å². The molecule has 0 saturated carbocycles. The number of amides is 1. The molecule has 0 aliphatic heterocycles. The van der Waals surface area contributed by atoms with Gasteiger partial charge in [-0.1, -0.05) is 29.8 Å². The number of nitrogens with one attached hydrogen (secondary N) is 2. The van der Waals surface area contributed by atoms with Gasteiger partial charge in [-0.05, 0) is 18.9 Å². The summed E-state index contributed by atoms with van der Waals surface area (Å²) in [4.78, 5) is 18.3. The van der Waals surface area contributed by atoms with E-state index in [1.165, 1.54) is 11.1 Å². The Bertz CT molecular complexity index is 474. The average molecular weight is 229 g/mol. The van der Waals surface area contributed by atoms with E-state index in [4.69, 9.17) is 0 Å². The van der Waals surface area contributed by atoms with Gasteiger partial charge in [0.15, 0.2) is 0 Å². The summed E-state index contributed by atoms with van der Waals surface area (Å²) in [5.74, 6) is 0.472. The van der Waals surface area contributed by atoms with Gasteiger partial charge >= 0.3 is 0 Å². The molecule has 1 heterocycles. The standard InChI is InChI=1S/C13H15N3O/c1-10-2-4-11(5-3-10)6-7-12(17)16-13-14-8-9-15-13/h2-5,8-9H,6-7H2,1H3,(H2,14,15,16,17). The summed E-state index contributed by atoms with van der Waals surface area (Å²) in [6.07, 6.45) is 4.49. The number of benzene rings is 1. The fourth-order valence-electron chi connectivity index (χ4n) is 1.54. The van der Waals surface area contributed by atoms with Crippen LogP contribution in [-0.2, 0) is 11.2 Å². The van der Waals surface area contributed by atoms with E-state index in [0.29, 0.717) is 12.4 Å². The maximum Gasteiger partial charge on any atom is 0.227 e. The van der Waals surface area contributed by atoms with Crippen LogP contribution in [0.3, 0.4) is 0 Å². The Morgan fingerprint density at radius 1 is 1.35 bits per heavy atom. The Morgan fingerprint density at radius 2 is 2.12 bits per heavy atom. The van der Waals surface area contributed by atoms with Crippen molar-refractivity contribution in [3.63, 3.8) is 0 Å². The quantitative estimate of drug-likeness (QED) is 0.845. The predicted octanol–water partition coefficient (Wildman–Crippen LogP) is 2.29. The molecule has 17 heavy (non-hydrogen) atoms. The number of nitrogens with zero attached hydrogens (tertiary/aromatic N) is 1. The topological polar surface area (TPSA) is 57.8 Å². The normalized spacial score (nSPS) is 10.2. The number of carbonyl (C=O) groups is 1. The SMILES string of the molecule is Cc1ccc(CCC(=O)Nc2ncc[nH]2)cc1. The molecule has 0 atom stereocenters. The second-order valence-electron chi connectivity index (χ2n) is 3.97. The van der Waals surface area contributed by atoms with E-state index in [1.54, 1.807) is 12.4 Å². The first-order valence-corrected chi connectivity index (χ1v) is 5.59. The molecule has 2 N–H and O–H groups in total. The van der Waals surface area contributed by atoms with Gasteiger partial charge in [0.1, 0.15) is 0 Å². The fraction of sp³-hybridized carbons (Fsp3) is 0.231. The molecular formula is C13H15N3O. The van der Waals surface area contributed by atoms with Crippen molar-refractivity contribution in [1.29, 1.82) is 0 Å². The van der Waals surface area contributed by atoms with Gasteiger partial charge in [-0.3, -0.25) is 10.1 Å². The molecule has 2 aromatic rings. The van der Waals surface area contributed by atoms with E-state index in [-0.39, 0.29) is 5.91 Å². The number of H-pyrrole nitrogens is 1. The summed E-state index contributed by atoms with van der Waals surface area (Å²) in [6.45, 7) is 2.05. The Morgan fingerprint density at radius 3 is 2.76 bits per heavy atom. The van der Waals surface area contributed by atoms with Crippen LogP contribution in [-0.4, -0.2) is 15.9 Å². The first kappa shape index (κ1) is 11.4. The van der Waals surface area contributed by atoms with E-state index in [2.05, 4.69) is 39.6 Å². The van der Waals surface area contributed by atoms with E-state index in [1.807, 2.05) is 6.92 Å². The number of rotatable bonds is 4. The van der Waals surface area contributed by atoms with Crippen molar-refractivity contribution in [3.8, 4) is 0 Å². The molecule has 0 unspecified atom stereocenters. The predicted molar refractivity (Wildman–Crippen MR) is 66.7 cm³/mol. The minimum atomic E-state index is -0.0273. The molecule has 0 fully saturated rings. The Balaban J connectivity index is 1.82. The number of hydrogen-bond donors (Lipinski definition) is 2. The molecule has 0 bridgehead atoms. The maximum absolute atomic E-state index is 11.6. The second-order valence-corrected chi connectivity index (χ2v) is 3.97. The number of imidazole rings is 1. The Labute approximate surface area is 100 Å². The molecule has 2 rings (SSSR count). The Kier molecular flexibility index (Phi) is 3.55. The van der Waals surface area contributed by atoms with Crippen molar-refractivity contribution >= 4 is 11.9 Å². The highest BCUT2D eigenvalue weighted by molar-refractivity contribution is 5.89. The Hall–Kier alpha value is -2.10. The van der Waals surface area contributed by atoms with Gasteiger partial charge < -0.3 is 4.98 Å². The minimum Gasteiger partial charge on any atom is -0.331 e. The maximum atomic E-state index is 11.6. The number of aromatic amines is 1. The van der Waals surface area contributed by atoms with Gasteiger partial charge in [0.2, 0.25) is 11.9 Å². The molecule has 4 nitrogen and oxygen atoms in total. The molecular weight excluding hydrogens is 214 g/mol. The number of anilines is 1. The first-order chi connectivity index (χ1) is 8.24. The summed E-state index contributed by atoms with van der Waals surface area (Å²) >= 11 is 0. The minimum absolute atomic E-state index is 0.0273. The largest absolute Gasteiger partial charge is 0.331 e. The monoisotopic (exact) mass is 229 g/mol. The zero-order chi connectivity index (χ0) is 12.1. The van der Waals surface area contributed by atoms with Crippen LogP contribution >= 0.6 is 0 Å². The van der Waals surface area contributed by atoms with Crippen LogP contribution in [0, 0.1) is 6.92 Å². The number of hydrogen-bond acceptors (Lipinski definition) is 2. The third-order valence-corrected chi connectivity index (χ3v) is 2.52. The van der Waals surface area contributed by atoms with Gasteiger partial charge in [-0.2, -0.15) is 0 Å². The third-order valence-electron chi connectivity index (χ3n) is 2.52. The lowest BCUT2D eigenvalue weighted by atomic mass is 10.1. The van der Waals surface area contributed by atoms with Crippen LogP contribution in [0.15, 0.2) is 36.7 Å².